The highest BCUT2D eigenvalue weighted by atomic mass is 16.5. The van der Waals surface area contributed by atoms with Gasteiger partial charge in [0.25, 0.3) is 5.91 Å². The standard InChI is InChI=1S/C19H22N2O4/c1-13-3-4-14-15(22)12-17(25-16(14)11-13)18(23)21-9-10-24-19(21)5-7-20(2)8-6-19/h3-4,11-12H,5-10H2,1-2H3. The van der Waals surface area contributed by atoms with Gasteiger partial charge in [-0.2, -0.15) is 0 Å². The molecule has 2 aliphatic rings. The minimum absolute atomic E-state index is 0.0897. The number of carbonyl (C=O) groups is 1. The Morgan fingerprint density at radius 2 is 1.92 bits per heavy atom. The largest absolute Gasteiger partial charge is 0.451 e. The zero-order chi connectivity index (χ0) is 17.6. The highest BCUT2D eigenvalue weighted by Crippen LogP contribution is 2.35. The van der Waals surface area contributed by atoms with E-state index >= 15 is 0 Å². The Labute approximate surface area is 146 Å². The van der Waals surface area contributed by atoms with Crippen LogP contribution in [-0.4, -0.2) is 54.7 Å². The highest BCUT2D eigenvalue weighted by Gasteiger charge is 2.47. The maximum Gasteiger partial charge on any atom is 0.292 e. The van der Waals surface area contributed by atoms with Crippen LogP contribution in [0.3, 0.4) is 0 Å². The molecule has 0 atom stereocenters. The average Bonchev–Trinajstić information content (AvgIpc) is 3.00. The number of ether oxygens (including phenoxy) is 1. The van der Waals surface area contributed by atoms with Crippen LogP contribution in [0.1, 0.15) is 29.0 Å². The summed E-state index contributed by atoms with van der Waals surface area (Å²) < 4.78 is 11.8. The smallest absolute Gasteiger partial charge is 0.292 e. The molecule has 2 fully saturated rings. The van der Waals surface area contributed by atoms with E-state index in [0.29, 0.717) is 24.1 Å². The molecule has 1 amide bonds. The van der Waals surface area contributed by atoms with Crippen LogP contribution in [0, 0.1) is 6.92 Å². The Balaban J connectivity index is 1.71. The van der Waals surface area contributed by atoms with Gasteiger partial charge in [0, 0.05) is 38.5 Å². The fourth-order valence-corrected chi connectivity index (χ4v) is 3.78. The molecule has 0 aliphatic carbocycles. The summed E-state index contributed by atoms with van der Waals surface area (Å²) in [6.07, 6.45) is 1.54. The average molecular weight is 342 g/mol. The monoisotopic (exact) mass is 342 g/mol. The molecule has 2 aromatic rings. The molecule has 3 heterocycles. The van der Waals surface area contributed by atoms with Crippen molar-refractivity contribution >= 4 is 16.9 Å². The SMILES string of the molecule is Cc1ccc2c(=O)cc(C(=O)N3CCOC34CCN(C)CC4)oc2c1. The maximum absolute atomic E-state index is 13.1. The molecule has 4 rings (SSSR count). The van der Waals surface area contributed by atoms with E-state index in [0.717, 1.165) is 31.5 Å². The van der Waals surface area contributed by atoms with Crippen molar-refractivity contribution in [3.63, 3.8) is 0 Å². The van der Waals surface area contributed by atoms with Crippen LogP contribution in [0.4, 0.5) is 0 Å². The number of likely N-dealkylation sites (tertiary alicyclic amines) is 1. The minimum Gasteiger partial charge on any atom is -0.451 e. The summed E-state index contributed by atoms with van der Waals surface area (Å²) in [5.74, 6) is -0.172. The van der Waals surface area contributed by atoms with Gasteiger partial charge in [-0.15, -0.1) is 0 Å². The van der Waals surface area contributed by atoms with E-state index in [1.165, 1.54) is 6.07 Å². The molecule has 6 heteroatoms. The fraction of sp³-hybridized carbons (Fsp3) is 0.474. The molecule has 0 N–H and O–H groups in total. The van der Waals surface area contributed by atoms with Gasteiger partial charge >= 0.3 is 0 Å². The number of nitrogens with zero attached hydrogens (tertiary/aromatic N) is 2. The predicted molar refractivity (Wildman–Crippen MR) is 93.7 cm³/mol. The molecule has 0 unspecified atom stereocenters. The topological polar surface area (TPSA) is 63.0 Å². The number of amides is 1. The van der Waals surface area contributed by atoms with Crippen molar-refractivity contribution < 1.29 is 13.9 Å². The quantitative estimate of drug-likeness (QED) is 0.793. The Kier molecular flexibility index (Phi) is 3.89. The Hall–Kier alpha value is -2.18. The second-order valence-corrected chi connectivity index (χ2v) is 7.03. The van der Waals surface area contributed by atoms with Crippen molar-refractivity contribution in [2.45, 2.75) is 25.5 Å². The normalized spacial score (nSPS) is 20.5. The molecule has 2 saturated heterocycles. The van der Waals surface area contributed by atoms with E-state index in [1.807, 2.05) is 13.0 Å². The van der Waals surface area contributed by atoms with Crippen molar-refractivity contribution in [1.82, 2.24) is 9.80 Å². The van der Waals surface area contributed by atoms with Crippen LogP contribution in [0.2, 0.25) is 0 Å². The summed E-state index contributed by atoms with van der Waals surface area (Å²) >= 11 is 0. The lowest BCUT2D eigenvalue weighted by Crippen LogP contribution is -2.54. The number of benzene rings is 1. The summed E-state index contributed by atoms with van der Waals surface area (Å²) in [6, 6.07) is 6.70. The first-order valence-corrected chi connectivity index (χ1v) is 8.67. The zero-order valence-electron chi connectivity index (χ0n) is 14.6. The molecule has 0 bridgehead atoms. The van der Waals surface area contributed by atoms with E-state index in [1.54, 1.807) is 17.0 Å². The summed E-state index contributed by atoms with van der Waals surface area (Å²) in [5, 5.41) is 0.494. The summed E-state index contributed by atoms with van der Waals surface area (Å²) in [4.78, 5) is 29.4. The molecule has 1 aromatic carbocycles. The number of carbonyl (C=O) groups excluding carboxylic acids is 1. The van der Waals surface area contributed by atoms with E-state index in [-0.39, 0.29) is 17.1 Å². The van der Waals surface area contributed by atoms with Crippen LogP contribution in [0.15, 0.2) is 33.5 Å². The van der Waals surface area contributed by atoms with Crippen molar-refractivity contribution in [1.29, 1.82) is 0 Å². The van der Waals surface area contributed by atoms with E-state index in [4.69, 9.17) is 9.15 Å². The molecule has 25 heavy (non-hydrogen) atoms. The van der Waals surface area contributed by atoms with Crippen LogP contribution < -0.4 is 5.43 Å². The van der Waals surface area contributed by atoms with Crippen LogP contribution in [0.25, 0.3) is 11.0 Å². The van der Waals surface area contributed by atoms with Crippen LogP contribution in [0.5, 0.6) is 0 Å². The van der Waals surface area contributed by atoms with Gasteiger partial charge in [-0.25, -0.2) is 0 Å². The molecular weight excluding hydrogens is 320 g/mol. The Bertz CT molecular complexity index is 881. The first-order chi connectivity index (χ1) is 12.0. The molecule has 2 aliphatic heterocycles. The lowest BCUT2D eigenvalue weighted by atomic mass is 9.99. The Morgan fingerprint density at radius 3 is 2.68 bits per heavy atom. The third-order valence-electron chi connectivity index (χ3n) is 5.29. The summed E-state index contributed by atoms with van der Waals surface area (Å²) in [6.45, 7) is 4.73. The van der Waals surface area contributed by atoms with Gasteiger partial charge in [-0.1, -0.05) is 6.07 Å². The van der Waals surface area contributed by atoms with Crippen molar-refractivity contribution in [2.24, 2.45) is 0 Å². The molecule has 1 spiro atoms. The van der Waals surface area contributed by atoms with E-state index in [9.17, 15) is 9.59 Å². The third kappa shape index (κ3) is 2.75. The van der Waals surface area contributed by atoms with Gasteiger partial charge < -0.3 is 19.0 Å². The number of hydrogen-bond donors (Lipinski definition) is 0. The molecular formula is C19H22N2O4. The third-order valence-corrected chi connectivity index (χ3v) is 5.29. The van der Waals surface area contributed by atoms with Gasteiger partial charge in [0.2, 0.25) is 0 Å². The van der Waals surface area contributed by atoms with Crippen molar-refractivity contribution in [3.05, 3.63) is 45.8 Å². The minimum atomic E-state index is -0.566. The van der Waals surface area contributed by atoms with E-state index in [2.05, 4.69) is 11.9 Å². The number of fused-ring (bicyclic) bond motifs is 1. The molecule has 132 valence electrons. The lowest BCUT2D eigenvalue weighted by Gasteiger charge is -2.42. The van der Waals surface area contributed by atoms with Crippen molar-refractivity contribution in [3.8, 4) is 0 Å². The Morgan fingerprint density at radius 1 is 1.16 bits per heavy atom. The van der Waals surface area contributed by atoms with Gasteiger partial charge in [0.1, 0.15) is 11.3 Å². The fourth-order valence-electron chi connectivity index (χ4n) is 3.78. The number of rotatable bonds is 1. The second kappa shape index (κ2) is 5.97. The number of piperidine rings is 1. The summed E-state index contributed by atoms with van der Waals surface area (Å²) in [7, 11) is 2.07. The van der Waals surface area contributed by atoms with Gasteiger partial charge in [0.15, 0.2) is 11.2 Å². The predicted octanol–water partition coefficient (Wildman–Crippen LogP) is 2.00. The van der Waals surface area contributed by atoms with Crippen molar-refractivity contribution in [2.75, 3.05) is 33.3 Å². The maximum atomic E-state index is 13.1. The molecule has 6 nitrogen and oxygen atoms in total. The van der Waals surface area contributed by atoms with Gasteiger partial charge in [-0.05, 0) is 31.7 Å². The van der Waals surface area contributed by atoms with Gasteiger partial charge in [-0.3, -0.25) is 9.59 Å². The molecule has 0 saturated carbocycles. The first kappa shape index (κ1) is 16.3. The summed E-state index contributed by atoms with van der Waals surface area (Å²) in [5.41, 5.74) is 0.677. The highest BCUT2D eigenvalue weighted by molar-refractivity contribution is 5.93. The number of aryl methyl sites for hydroxylation is 1. The first-order valence-electron chi connectivity index (χ1n) is 8.67. The molecule has 0 radical (unpaired) electrons. The number of hydrogen-bond acceptors (Lipinski definition) is 5. The lowest BCUT2D eigenvalue weighted by molar-refractivity contribution is -0.103. The van der Waals surface area contributed by atoms with Crippen LogP contribution >= 0.6 is 0 Å². The molecule has 1 aromatic heterocycles. The second-order valence-electron chi connectivity index (χ2n) is 7.03. The van der Waals surface area contributed by atoms with E-state index < -0.39 is 5.72 Å². The zero-order valence-corrected chi connectivity index (χ0v) is 14.6. The van der Waals surface area contributed by atoms with Crippen LogP contribution in [-0.2, 0) is 4.74 Å². The van der Waals surface area contributed by atoms with Gasteiger partial charge in [0.05, 0.1) is 12.0 Å².